The van der Waals surface area contributed by atoms with Gasteiger partial charge in [0, 0.05) is 43.8 Å². The molecular weight excluding hydrogens is 777 g/mol. The summed E-state index contributed by atoms with van der Waals surface area (Å²) >= 11 is 0. The van der Waals surface area contributed by atoms with E-state index in [9.17, 15) is 0 Å². The highest BCUT2D eigenvalue weighted by Crippen LogP contribution is 2.41. The van der Waals surface area contributed by atoms with Gasteiger partial charge in [-0.2, -0.15) is 0 Å². The van der Waals surface area contributed by atoms with Gasteiger partial charge in [0.05, 0.1) is 34.3 Å². The number of hydrogen-bond acceptors (Lipinski definition) is 2. The first-order valence-corrected chi connectivity index (χ1v) is 22.2. The number of hydrogen-bond donors (Lipinski definition) is 0. The molecule has 0 N–H and O–H groups in total. The summed E-state index contributed by atoms with van der Waals surface area (Å²) in [4.78, 5) is 10.0. The van der Waals surface area contributed by atoms with Crippen molar-refractivity contribution in [3.63, 3.8) is 0 Å². The Bertz CT molecular complexity index is 4000. The molecule has 302 valence electrons. The molecule has 0 saturated carbocycles. The van der Waals surface area contributed by atoms with Gasteiger partial charge in [-0.25, -0.2) is 0 Å². The summed E-state index contributed by atoms with van der Waals surface area (Å²) in [7, 11) is 0. The van der Waals surface area contributed by atoms with E-state index in [0.717, 1.165) is 46.2 Å². The quantitative estimate of drug-likeness (QED) is 0.108. The molecule has 0 fully saturated rings. The molecule has 3 aromatic heterocycles. The van der Waals surface area contributed by atoms with Crippen molar-refractivity contribution in [2.45, 2.75) is 26.1 Å². The maximum absolute atomic E-state index is 5.65. The van der Waals surface area contributed by atoms with Crippen LogP contribution in [0.5, 0.6) is 0 Å². The smallest absolute Gasteiger partial charge is 0.115 e. The second-order valence-electron chi connectivity index (χ2n) is 17.3. The lowest BCUT2D eigenvalue weighted by molar-refractivity contribution is 0.751. The molecule has 3 heterocycles. The van der Waals surface area contributed by atoms with Gasteiger partial charge in [-0.15, -0.1) is 0 Å². The third kappa shape index (κ3) is 5.49. The minimum atomic E-state index is 0.428. The second kappa shape index (κ2) is 14.2. The number of fused-ring (bicyclic) bond motifs is 13. The van der Waals surface area contributed by atoms with E-state index in [0.29, 0.717) is 13.2 Å². The number of para-hydroxylation sites is 2. The standard InChI is InChI=1S/C60H42N4/c1-37(53-31-41-14-4-3-13-40(41)30-45(53)35-61-2)59(44-25-24-39-23-22-38-12-5-6-15-46(38)54(39)32-44)62-36-63-55-20-9-7-16-47(55)49-28-26-42(33-57(49)63)43-27-29-50-52-19-11-18-51-48-17-8-10-21-56(48)64(60(51)52)58(50)34-43/h3-6,8-15,17-34H,1-2,7,16,35-36H2/b62-59+. The monoisotopic (exact) mass is 818 g/mol. The molecule has 0 bridgehead atoms. The Hall–Kier alpha value is -8.08. The van der Waals surface area contributed by atoms with Gasteiger partial charge in [0.15, 0.2) is 0 Å². The van der Waals surface area contributed by atoms with Crippen molar-refractivity contribution in [1.29, 1.82) is 0 Å². The molecule has 4 nitrogen and oxygen atoms in total. The summed E-state index contributed by atoms with van der Waals surface area (Å²) in [6.45, 7) is 9.66. The minimum absolute atomic E-state index is 0.428. The third-order valence-electron chi connectivity index (χ3n) is 13.9. The van der Waals surface area contributed by atoms with Crippen molar-refractivity contribution < 1.29 is 0 Å². The van der Waals surface area contributed by atoms with Crippen molar-refractivity contribution in [1.82, 2.24) is 8.97 Å². The molecule has 12 aromatic rings. The summed E-state index contributed by atoms with van der Waals surface area (Å²) in [6.07, 6.45) is 6.63. The molecule has 0 atom stereocenters. The van der Waals surface area contributed by atoms with E-state index in [1.807, 2.05) is 0 Å². The summed E-state index contributed by atoms with van der Waals surface area (Å²) in [6, 6.07) is 62.3. The first-order chi connectivity index (χ1) is 31.6. The van der Waals surface area contributed by atoms with E-state index in [1.165, 1.54) is 98.3 Å². The van der Waals surface area contributed by atoms with E-state index in [2.05, 4.69) is 203 Å². The summed E-state index contributed by atoms with van der Waals surface area (Å²) in [5.74, 6) is 0. The average Bonchev–Trinajstić information content (AvgIpc) is 3.98. The Balaban J connectivity index is 0.993. The minimum Gasteiger partial charge on any atom is -0.321 e. The Kier molecular flexibility index (Phi) is 8.13. The number of rotatable bonds is 8. The Labute approximate surface area is 370 Å². The second-order valence-corrected chi connectivity index (χ2v) is 17.3. The van der Waals surface area contributed by atoms with Crippen LogP contribution < -0.4 is 0 Å². The first kappa shape index (κ1) is 36.6. The van der Waals surface area contributed by atoms with Gasteiger partial charge in [0.25, 0.3) is 0 Å². The number of aryl methyl sites for hydroxylation is 1. The molecule has 0 aliphatic heterocycles. The summed E-state index contributed by atoms with van der Waals surface area (Å²) < 4.78 is 4.89. The van der Waals surface area contributed by atoms with Crippen molar-refractivity contribution in [2.24, 2.45) is 9.98 Å². The van der Waals surface area contributed by atoms with Crippen molar-refractivity contribution >= 4 is 105 Å². The largest absolute Gasteiger partial charge is 0.321 e. The highest BCUT2D eigenvalue weighted by Gasteiger charge is 2.22. The van der Waals surface area contributed by atoms with Crippen LogP contribution in [0.15, 0.2) is 192 Å². The fourth-order valence-electron chi connectivity index (χ4n) is 10.9. The Morgan fingerprint density at radius 3 is 2.02 bits per heavy atom. The number of aliphatic imine (C=N–C) groups is 2. The Morgan fingerprint density at radius 2 is 1.20 bits per heavy atom. The zero-order valence-corrected chi connectivity index (χ0v) is 35.4. The fraction of sp³-hybridized carbons (Fsp3) is 0.0667. The van der Waals surface area contributed by atoms with Crippen LogP contribution in [0, 0.1) is 0 Å². The maximum Gasteiger partial charge on any atom is 0.115 e. The molecule has 4 heteroatoms. The molecule has 13 rings (SSSR count). The third-order valence-corrected chi connectivity index (χ3v) is 13.9. The van der Waals surface area contributed by atoms with E-state index >= 15 is 0 Å². The molecule has 0 unspecified atom stereocenters. The molecule has 0 radical (unpaired) electrons. The fourth-order valence-corrected chi connectivity index (χ4v) is 10.9. The number of allylic oxidation sites excluding steroid dienone is 2. The lowest BCUT2D eigenvalue weighted by Crippen LogP contribution is -2.09. The summed E-state index contributed by atoms with van der Waals surface area (Å²) in [5.41, 5.74) is 14.9. The van der Waals surface area contributed by atoms with Crippen molar-refractivity contribution in [3.8, 4) is 11.1 Å². The zero-order chi connectivity index (χ0) is 42.5. The molecular formula is C60H42N4. The molecule has 0 saturated heterocycles. The van der Waals surface area contributed by atoms with E-state index in [-0.39, 0.29) is 0 Å². The number of aromatic nitrogens is 2. The predicted octanol–water partition coefficient (Wildman–Crippen LogP) is 15.2. The van der Waals surface area contributed by atoms with Crippen LogP contribution in [-0.2, 0) is 19.6 Å². The molecule has 1 aliphatic carbocycles. The van der Waals surface area contributed by atoms with Gasteiger partial charge in [-0.05, 0) is 122 Å². The van der Waals surface area contributed by atoms with Crippen LogP contribution in [-0.4, -0.2) is 21.4 Å². The lowest BCUT2D eigenvalue weighted by atomic mass is 9.90. The van der Waals surface area contributed by atoms with Crippen LogP contribution >= 0.6 is 0 Å². The van der Waals surface area contributed by atoms with Gasteiger partial charge in [-0.3, -0.25) is 9.98 Å². The molecule has 1 aliphatic rings. The van der Waals surface area contributed by atoms with Crippen LogP contribution in [0.25, 0.3) is 104 Å². The van der Waals surface area contributed by atoms with E-state index in [4.69, 9.17) is 11.6 Å². The van der Waals surface area contributed by atoms with Gasteiger partial charge >= 0.3 is 0 Å². The molecule has 0 spiro atoms. The SMILES string of the molecule is C=NCc1cc2ccccc2cc1C(=C)/C(=N\Cn1c2c(c3ccc(-c4ccc5c6cccc7c8ccccc8n(c5c4)c76)cc31)CCC=C2)c1ccc2ccc3ccccc3c2c1. The zero-order valence-electron chi connectivity index (χ0n) is 35.4. The van der Waals surface area contributed by atoms with Crippen LogP contribution in [0.3, 0.4) is 0 Å². The first-order valence-electron chi connectivity index (χ1n) is 22.2. The van der Waals surface area contributed by atoms with Gasteiger partial charge in [0.1, 0.15) is 6.67 Å². The van der Waals surface area contributed by atoms with Crippen molar-refractivity contribution in [2.75, 3.05) is 0 Å². The van der Waals surface area contributed by atoms with Crippen molar-refractivity contribution in [3.05, 3.63) is 210 Å². The molecule has 0 amide bonds. The highest BCUT2D eigenvalue weighted by atomic mass is 15.1. The summed E-state index contributed by atoms with van der Waals surface area (Å²) in [5, 5.41) is 13.6. The molecule has 64 heavy (non-hydrogen) atoms. The van der Waals surface area contributed by atoms with E-state index in [1.54, 1.807) is 0 Å². The van der Waals surface area contributed by atoms with Crippen LogP contribution in [0.1, 0.15) is 34.4 Å². The number of nitrogens with zero attached hydrogens (tertiary/aromatic N) is 4. The van der Waals surface area contributed by atoms with Crippen LogP contribution in [0.2, 0.25) is 0 Å². The lowest BCUT2D eigenvalue weighted by Gasteiger charge is -2.17. The van der Waals surface area contributed by atoms with Gasteiger partial charge in [0.2, 0.25) is 0 Å². The van der Waals surface area contributed by atoms with E-state index < -0.39 is 0 Å². The Morgan fingerprint density at radius 1 is 0.547 bits per heavy atom. The van der Waals surface area contributed by atoms with Crippen LogP contribution in [0.4, 0.5) is 0 Å². The predicted molar refractivity (Wildman–Crippen MR) is 274 cm³/mol. The normalized spacial score (nSPS) is 13.2. The molecule has 9 aromatic carbocycles. The number of benzene rings is 9. The maximum atomic E-state index is 5.65. The topological polar surface area (TPSA) is 34.1 Å². The van der Waals surface area contributed by atoms with Gasteiger partial charge in [-0.1, -0.05) is 146 Å². The van der Waals surface area contributed by atoms with Gasteiger partial charge < -0.3 is 8.97 Å². The highest BCUT2D eigenvalue weighted by molar-refractivity contribution is 6.32. The average molecular weight is 819 g/mol.